The fourth-order valence-electron chi connectivity index (χ4n) is 3.03. The van der Waals surface area contributed by atoms with Crippen molar-refractivity contribution in [2.45, 2.75) is 57.7 Å². The summed E-state index contributed by atoms with van der Waals surface area (Å²) in [6, 6.07) is 1.36. The Kier molecular flexibility index (Phi) is 6.30. The molecule has 1 saturated carbocycles. The number of hydrogen-bond acceptors (Lipinski definition) is 3. The van der Waals surface area contributed by atoms with Crippen LogP contribution in [0.5, 0.6) is 0 Å². The van der Waals surface area contributed by atoms with Crippen molar-refractivity contribution in [2.24, 2.45) is 4.99 Å². The maximum atomic E-state index is 5.71. The lowest BCUT2D eigenvalue weighted by Crippen LogP contribution is -2.50. The van der Waals surface area contributed by atoms with Crippen LogP contribution in [0.3, 0.4) is 0 Å². The summed E-state index contributed by atoms with van der Waals surface area (Å²) in [5.74, 6) is 1.04. The van der Waals surface area contributed by atoms with Crippen LogP contribution in [0.1, 0.15) is 39.5 Å². The fraction of sp³-hybridized carbons (Fsp3) is 0.938. The first kappa shape index (κ1) is 16.6. The molecule has 0 amide bonds. The first-order valence-corrected chi connectivity index (χ1v) is 8.44. The maximum absolute atomic E-state index is 5.71. The molecule has 2 fully saturated rings. The van der Waals surface area contributed by atoms with Gasteiger partial charge >= 0.3 is 0 Å². The number of hydrogen-bond donors (Lipinski definition) is 1. The van der Waals surface area contributed by atoms with Crippen LogP contribution in [-0.2, 0) is 4.74 Å². The summed E-state index contributed by atoms with van der Waals surface area (Å²) in [5.41, 5.74) is 0. The molecule has 122 valence electrons. The van der Waals surface area contributed by atoms with Gasteiger partial charge < -0.3 is 15.0 Å². The van der Waals surface area contributed by atoms with Gasteiger partial charge in [-0.05, 0) is 46.6 Å². The van der Waals surface area contributed by atoms with Crippen molar-refractivity contribution in [1.29, 1.82) is 0 Å². The van der Waals surface area contributed by atoms with Gasteiger partial charge in [0.15, 0.2) is 5.96 Å². The molecular formula is C16H32N4O. The number of guanidine groups is 1. The second-order valence-electron chi connectivity index (χ2n) is 6.32. The van der Waals surface area contributed by atoms with E-state index in [4.69, 9.17) is 4.74 Å². The molecule has 0 aromatic rings. The van der Waals surface area contributed by atoms with Gasteiger partial charge in [-0.2, -0.15) is 0 Å². The monoisotopic (exact) mass is 296 g/mol. The second kappa shape index (κ2) is 7.99. The van der Waals surface area contributed by atoms with Gasteiger partial charge in [0.05, 0.1) is 6.10 Å². The lowest BCUT2D eigenvalue weighted by Gasteiger charge is -2.35. The average Bonchev–Trinajstić information content (AvgIpc) is 3.33. The standard InChI is InChI=1S/C16H32N4O/c1-5-21-15-8-10-20(11-9-15)16(17-3)18-12-13(2)19(4)14-6-7-14/h13-15H,5-12H2,1-4H3,(H,17,18). The summed E-state index contributed by atoms with van der Waals surface area (Å²) >= 11 is 0. The first-order chi connectivity index (χ1) is 10.2. The normalized spacial score (nSPS) is 22.7. The van der Waals surface area contributed by atoms with Gasteiger partial charge in [-0.25, -0.2) is 0 Å². The summed E-state index contributed by atoms with van der Waals surface area (Å²) in [5, 5.41) is 3.54. The lowest BCUT2D eigenvalue weighted by atomic mass is 10.1. The molecule has 0 radical (unpaired) electrons. The van der Waals surface area contributed by atoms with Crippen molar-refractivity contribution in [1.82, 2.24) is 15.1 Å². The van der Waals surface area contributed by atoms with E-state index in [-0.39, 0.29) is 0 Å². The quantitative estimate of drug-likeness (QED) is 0.596. The van der Waals surface area contributed by atoms with Crippen molar-refractivity contribution in [3.8, 4) is 0 Å². The van der Waals surface area contributed by atoms with E-state index in [0.29, 0.717) is 12.1 Å². The molecule has 1 N–H and O–H groups in total. The van der Waals surface area contributed by atoms with Crippen molar-refractivity contribution in [2.75, 3.05) is 40.3 Å². The number of aliphatic imine (C=N–C) groups is 1. The highest BCUT2D eigenvalue weighted by atomic mass is 16.5. The molecule has 5 nitrogen and oxygen atoms in total. The van der Waals surface area contributed by atoms with Crippen LogP contribution in [0.15, 0.2) is 4.99 Å². The third kappa shape index (κ3) is 4.85. The van der Waals surface area contributed by atoms with Gasteiger partial charge in [-0.1, -0.05) is 0 Å². The number of rotatable bonds is 6. The maximum Gasteiger partial charge on any atom is 0.193 e. The van der Waals surface area contributed by atoms with Gasteiger partial charge in [0.1, 0.15) is 0 Å². The van der Waals surface area contributed by atoms with Crippen LogP contribution in [0.2, 0.25) is 0 Å². The van der Waals surface area contributed by atoms with E-state index in [1.807, 2.05) is 7.05 Å². The van der Waals surface area contributed by atoms with Gasteiger partial charge in [0.25, 0.3) is 0 Å². The van der Waals surface area contributed by atoms with Crippen LogP contribution in [0, 0.1) is 0 Å². The predicted molar refractivity (Wildman–Crippen MR) is 87.8 cm³/mol. The molecule has 2 aliphatic rings. The van der Waals surface area contributed by atoms with E-state index in [1.165, 1.54) is 12.8 Å². The largest absolute Gasteiger partial charge is 0.378 e. The topological polar surface area (TPSA) is 40.1 Å². The highest BCUT2D eigenvalue weighted by molar-refractivity contribution is 5.80. The number of nitrogens with zero attached hydrogens (tertiary/aromatic N) is 3. The van der Waals surface area contributed by atoms with Crippen LogP contribution >= 0.6 is 0 Å². The summed E-state index contributed by atoms with van der Waals surface area (Å²) in [6.07, 6.45) is 5.36. The van der Waals surface area contributed by atoms with Crippen molar-refractivity contribution < 1.29 is 4.74 Å². The molecule has 21 heavy (non-hydrogen) atoms. The SMILES string of the molecule is CCOC1CCN(C(=NC)NCC(C)N(C)C2CC2)CC1. The zero-order valence-electron chi connectivity index (χ0n) is 14.1. The van der Waals surface area contributed by atoms with Crippen molar-refractivity contribution in [3.63, 3.8) is 0 Å². The first-order valence-electron chi connectivity index (χ1n) is 8.44. The molecule has 1 atom stereocenters. The highest BCUT2D eigenvalue weighted by Crippen LogP contribution is 2.26. The number of piperidine rings is 1. The van der Waals surface area contributed by atoms with Crippen LogP contribution in [0.4, 0.5) is 0 Å². The van der Waals surface area contributed by atoms with E-state index in [0.717, 1.165) is 51.1 Å². The molecule has 2 rings (SSSR count). The smallest absolute Gasteiger partial charge is 0.193 e. The zero-order chi connectivity index (χ0) is 15.2. The number of ether oxygens (including phenoxy) is 1. The molecule has 0 aromatic carbocycles. The minimum absolute atomic E-state index is 0.435. The summed E-state index contributed by atoms with van der Waals surface area (Å²) in [6.45, 7) is 8.23. The Morgan fingerprint density at radius 2 is 2.00 bits per heavy atom. The molecule has 1 aliphatic carbocycles. The predicted octanol–water partition coefficient (Wildman–Crippen LogP) is 1.55. The summed E-state index contributed by atoms with van der Waals surface area (Å²) in [4.78, 5) is 9.29. The summed E-state index contributed by atoms with van der Waals surface area (Å²) in [7, 11) is 4.12. The second-order valence-corrected chi connectivity index (χ2v) is 6.32. The van der Waals surface area contributed by atoms with Crippen LogP contribution in [0.25, 0.3) is 0 Å². The molecule has 1 heterocycles. The van der Waals surface area contributed by atoms with E-state index in [1.54, 1.807) is 0 Å². The molecule has 1 unspecified atom stereocenters. The summed E-state index contributed by atoms with van der Waals surface area (Å²) < 4.78 is 5.71. The van der Waals surface area contributed by atoms with Crippen LogP contribution < -0.4 is 5.32 Å². The zero-order valence-corrected chi connectivity index (χ0v) is 14.1. The van der Waals surface area contributed by atoms with E-state index in [9.17, 15) is 0 Å². The Morgan fingerprint density at radius 3 is 2.52 bits per heavy atom. The van der Waals surface area contributed by atoms with Gasteiger partial charge in [0.2, 0.25) is 0 Å². The van der Waals surface area contributed by atoms with Gasteiger partial charge in [-0.15, -0.1) is 0 Å². The Labute approximate surface area is 129 Å². The number of likely N-dealkylation sites (tertiary alicyclic amines) is 1. The molecule has 1 aliphatic heterocycles. The van der Waals surface area contributed by atoms with Crippen molar-refractivity contribution in [3.05, 3.63) is 0 Å². The Balaban J connectivity index is 1.73. The molecule has 0 bridgehead atoms. The Morgan fingerprint density at radius 1 is 1.33 bits per heavy atom. The van der Waals surface area contributed by atoms with Gasteiger partial charge in [0, 0.05) is 45.4 Å². The molecule has 5 heteroatoms. The third-order valence-electron chi connectivity index (χ3n) is 4.73. The number of likely N-dealkylation sites (N-methyl/N-ethyl adjacent to an activating group) is 1. The molecule has 0 spiro atoms. The van der Waals surface area contributed by atoms with Crippen molar-refractivity contribution >= 4 is 5.96 Å². The van der Waals surface area contributed by atoms with E-state index < -0.39 is 0 Å². The van der Waals surface area contributed by atoms with E-state index >= 15 is 0 Å². The molecule has 1 saturated heterocycles. The Hall–Kier alpha value is -0.810. The lowest BCUT2D eigenvalue weighted by molar-refractivity contribution is 0.0263. The Bertz CT molecular complexity index is 335. The molecular weight excluding hydrogens is 264 g/mol. The minimum atomic E-state index is 0.435. The minimum Gasteiger partial charge on any atom is -0.378 e. The highest BCUT2D eigenvalue weighted by Gasteiger charge is 2.29. The van der Waals surface area contributed by atoms with Crippen LogP contribution in [-0.4, -0.2) is 74.3 Å². The van der Waals surface area contributed by atoms with Gasteiger partial charge in [-0.3, -0.25) is 9.89 Å². The van der Waals surface area contributed by atoms with E-state index in [2.05, 4.69) is 41.0 Å². The number of nitrogens with one attached hydrogen (secondary N) is 1. The fourth-order valence-corrected chi connectivity index (χ4v) is 3.03. The molecule has 0 aromatic heterocycles. The average molecular weight is 296 g/mol. The third-order valence-corrected chi connectivity index (χ3v) is 4.73.